The molecule has 1 aliphatic rings. The van der Waals surface area contributed by atoms with E-state index in [2.05, 4.69) is 10.5 Å². The Morgan fingerprint density at radius 3 is 2.63 bits per heavy atom. The molecule has 2 N–H and O–H groups in total. The van der Waals surface area contributed by atoms with E-state index in [1.165, 1.54) is 6.07 Å². The smallest absolute Gasteiger partial charge is 0.128 e. The number of nitrogens with one attached hydrogen (secondary N) is 1. The summed E-state index contributed by atoms with van der Waals surface area (Å²) in [7, 11) is 0. The van der Waals surface area contributed by atoms with Gasteiger partial charge in [-0.15, -0.1) is 0 Å². The number of hydrogen-bond acceptors (Lipinski definition) is 3. The Morgan fingerprint density at radius 1 is 1.11 bits per heavy atom. The second kappa shape index (κ2) is 4.72. The van der Waals surface area contributed by atoms with Crippen molar-refractivity contribution in [3.05, 3.63) is 65.5 Å². The van der Waals surface area contributed by atoms with Crippen molar-refractivity contribution in [3.8, 4) is 5.75 Å². The molecule has 96 valence electrons. The van der Waals surface area contributed by atoms with Gasteiger partial charge in [0.05, 0.1) is 11.8 Å². The van der Waals surface area contributed by atoms with Crippen molar-refractivity contribution < 1.29 is 9.50 Å². The van der Waals surface area contributed by atoms with Gasteiger partial charge in [-0.3, -0.25) is 0 Å². The maximum atomic E-state index is 13.7. The molecule has 0 bridgehead atoms. The first-order chi connectivity index (χ1) is 9.25. The molecule has 2 aromatic carbocycles. The van der Waals surface area contributed by atoms with E-state index in [4.69, 9.17) is 0 Å². The molecule has 0 radical (unpaired) electrons. The number of phenols is 1. The zero-order valence-electron chi connectivity index (χ0n) is 10.2. The van der Waals surface area contributed by atoms with Crippen molar-refractivity contribution >= 4 is 5.71 Å². The summed E-state index contributed by atoms with van der Waals surface area (Å²) in [6, 6.07) is 13.5. The minimum atomic E-state index is -0.242. The predicted molar refractivity (Wildman–Crippen MR) is 71.5 cm³/mol. The largest absolute Gasteiger partial charge is 0.507 e. The van der Waals surface area contributed by atoms with E-state index in [1.54, 1.807) is 36.4 Å². The van der Waals surface area contributed by atoms with Crippen LogP contribution >= 0.6 is 0 Å². The molecule has 2 aromatic rings. The zero-order chi connectivity index (χ0) is 13.2. The van der Waals surface area contributed by atoms with Crippen LogP contribution in [0.15, 0.2) is 53.6 Å². The average molecular weight is 256 g/mol. The van der Waals surface area contributed by atoms with Gasteiger partial charge in [-0.05, 0) is 18.2 Å². The Bertz CT molecular complexity index is 640. The van der Waals surface area contributed by atoms with E-state index in [0.29, 0.717) is 17.5 Å². The van der Waals surface area contributed by atoms with Crippen LogP contribution in [0.25, 0.3) is 0 Å². The van der Waals surface area contributed by atoms with Crippen molar-refractivity contribution in [1.82, 2.24) is 5.43 Å². The van der Waals surface area contributed by atoms with Gasteiger partial charge in [0, 0.05) is 17.5 Å². The van der Waals surface area contributed by atoms with Gasteiger partial charge in [-0.1, -0.05) is 30.3 Å². The molecule has 0 unspecified atom stereocenters. The lowest BCUT2D eigenvalue weighted by Gasteiger charge is -2.11. The number of para-hydroxylation sites is 1. The Morgan fingerprint density at radius 2 is 1.84 bits per heavy atom. The van der Waals surface area contributed by atoms with Crippen LogP contribution in [-0.4, -0.2) is 10.8 Å². The number of hydrazone groups is 1. The predicted octanol–water partition coefficient (Wildman–Crippen LogP) is 2.97. The van der Waals surface area contributed by atoms with Crippen molar-refractivity contribution in [3.63, 3.8) is 0 Å². The number of benzene rings is 2. The number of nitrogens with zero attached hydrogens (tertiary/aromatic N) is 1. The molecule has 3 nitrogen and oxygen atoms in total. The first-order valence-corrected chi connectivity index (χ1v) is 6.10. The molecule has 0 aliphatic carbocycles. The lowest BCUT2D eigenvalue weighted by molar-refractivity contribution is 0.474. The Labute approximate surface area is 110 Å². The Hall–Kier alpha value is -2.36. The number of hydrogen-bond donors (Lipinski definition) is 2. The van der Waals surface area contributed by atoms with E-state index in [-0.39, 0.29) is 17.6 Å². The van der Waals surface area contributed by atoms with Gasteiger partial charge in [0.2, 0.25) is 0 Å². The molecule has 4 heteroatoms. The molecule has 19 heavy (non-hydrogen) atoms. The van der Waals surface area contributed by atoms with Gasteiger partial charge in [-0.25, -0.2) is 4.39 Å². The number of aromatic hydroxyl groups is 1. The lowest BCUT2D eigenvalue weighted by atomic mass is 9.98. The van der Waals surface area contributed by atoms with Crippen LogP contribution in [0.3, 0.4) is 0 Å². The molecule has 0 aromatic heterocycles. The summed E-state index contributed by atoms with van der Waals surface area (Å²) >= 11 is 0. The minimum Gasteiger partial charge on any atom is -0.507 e. The van der Waals surface area contributed by atoms with Crippen LogP contribution in [0.1, 0.15) is 23.6 Å². The third-order valence-corrected chi connectivity index (χ3v) is 3.25. The Balaban J connectivity index is 1.85. The zero-order valence-corrected chi connectivity index (χ0v) is 10.2. The first-order valence-electron chi connectivity index (χ1n) is 6.10. The second-order valence-corrected chi connectivity index (χ2v) is 4.48. The summed E-state index contributed by atoms with van der Waals surface area (Å²) in [5.74, 6) is -0.0500. The van der Waals surface area contributed by atoms with Crippen LogP contribution in [0.2, 0.25) is 0 Å². The van der Waals surface area contributed by atoms with Crippen LogP contribution < -0.4 is 5.43 Å². The van der Waals surface area contributed by atoms with Crippen LogP contribution in [0.5, 0.6) is 5.75 Å². The summed E-state index contributed by atoms with van der Waals surface area (Å²) in [6.07, 6.45) is 0.554. The van der Waals surface area contributed by atoms with E-state index < -0.39 is 0 Å². The van der Waals surface area contributed by atoms with Crippen molar-refractivity contribution in [2.45, 2.75) is 12.5 Å². The number of phenolic OH excluding ortho intramolecular Hbond substituents is 1. The number of rotatable bonds is 2. The maximum Gasteiger partial charge on any atom is 0.128 e. The van der Waals surface area contributed by atoms with Gasteiger partial charge in [0.25, 0.3) is 0 Å². The first kappa shape index (κ1) is 11.7. The van der Waals surface area contributed by atoms with Crippen molar-refractivity contribution in [1.29, 1.82) is 0 Å². The van der Waals surface area contributed by atoms with Gasteiger partial charge in [0.15, 0.2) is 0 Å². The van der Waals surface area contributed by atoms with E-state index in [9.17, 15) is 9.50 Å². The molecule has 1 heterocycles. The highest BCUT2D eigenvalue weighted by Crippen LogP contribution is 2.28. The monoisotopic (exact) mass is 256 g/mol. The molecule has 0 saturated heterocycles. The summed E-state index contributed by atoms with van der Waals surface area (Å²) in [4.78, 5) is 0. The van der Waals surface area contributed by atoms with E-state index in [1.807, 2.05) is 6.07 Å². The normalized spacial score (nSPS) is 17.9. The molecule has 3 rings (SSSR count). The molecule has 1 aliphatic heterocycles. The standard InChI is InChI=1S/C15H13FN2O/c16-12-7-3-1-5-10(12)13-9-14(18-17-13)11-6-2-4-8-15(11)19/h1-8,13,17,19H,9H2/t13-/m0/s1. The lowest BCUT2D eigenvalue weighted by Crippen LogP contribution is -2.11. The van der Waals surface area contributed by atoms with Crippen molar-refractivity contribution in [2.75, 3.05) is 0 Å². The fourth-order valence-corrected chi connectivity index (χ4v) is 2.27. The molecule has 0 fully saturated rings. The molecule has 1 atom stereocenters. The second-order valence-electron chi connectivity index (χ2n) is 4.48. The van der Waals surface area contributed by atoms with Gasteiger partial charge in [-0.2, -0.15) is 5.10 Å². The van der Waals surface area contributed by atoms with Crippen LogP contribution in [0, 0.1) is 5.82 Å². The summed E-state index contributed by atoms with van der Waals surface area (Å²) in [6.45, 7) is 0. The molecular weight excluding hydrogens is 243 g/mol. The third-order valence-electron chi connectivity index (χ3n) is 3.25. The Kier molecular flexibility index (Phi) is 2.91. The topological polar surface area (TPSA) is 44.6 Å². The van der Waals surface area contributed by atoms with Crippen LogP contribution in [-0.2, 0) is 0 Å². The minimum absolute atomic E-state index is 0.184. The van der Waals surface area contributed by atoms with Crippen LogP contribution in [0.4, 0.5) is 4.39 Å². The SMILES string of the molecule is Oc1ccccc1C1=NN[C@H](c2ccccc2F)C1. The summed E-state index contributed by atoms with van der Waals surface area (Å²) < 4.78 is 13.7. The van der Waals surface area contributed by atoms with Crippen molar-refractivity contribution in [2.24, 2.45) is 5.10 Å². The highest BCUT2D eigenvalue weighted by Gasteiger charge is 2.24. The summed E-state index contributed by atoms with van der Waals surface area (Å²) in [5, 5.41) is 14.0. The third kappa shape index (κ3) is 2.17. The van der Waals surface area contributed by atoms with Gasteiger partial charge >= 0.3 is 0 Å². The maximum absolute atomic E-state index is 13.7. The fourth-order valence-electron chi connectivity index (χ4n) is 2.27. The molecule has 0 amide bonds. The highest BCUT2D eigenvalue weighted by molar-refractivity contribution is 6.03. The number of halogens is 1. The molecule has 0 saturated carbocycles. The fraction of sp³-hybridized carbons (Fsp3) is 0.133. The van der Waals surface area contributed by atoms with E-state index in [0.717, 1.165) is 5.71 Å². The van der Waals surface area contributed by atoms with Gasteiger partial charge in [0.1, 0.15) is 11.6 Å². The average Bonchev–Trinajstić information content (AvgIpc) is 2.89. The molecule has 0 spiro atoms. The van der Waals surface area contributed by atoms with Gasteiger partial charge < -0.3 is 10.5 Å². The molecular formula is C15H13FN2O. The quantitative estimate of drug-likeness (QED) is 0.867. The summed E-state index contributed by atoms with van der Waals surface area (Å²) in [5.41, 5.74) is 4.95. The highest BCUT2D eigenvalue weighted by atomic mass is 19.1. The van der Waals surface area contributed by atoms with E-state index >= 15 is 0 Å².